The van der Waals surface area contributed by atoms with Crippen molar-refractivity contribution in [3.8, 4) is 5.75 Å². The van der Waals surface area contributed by atoms with Crippen LogP contribution in [0.5, 0.6) is 5.75 Å². The molecule has 20 heavy (non-hydrogen) atoms. The standard InChI is InChI=1S/C18H21NO/c1-14-12-16(17-8-5-11-19-17)9-10-18(14)20-13-15-6-3-2-4-7-15/h2-4,6-7,9-10,12,17,19H,5,8,11,13H2,1H3. The molecule has 1 N–H and O–H groups in total. The van der Waals surface area contributed by atoms with E-state index in [-0.39, 0.29) is 0 Å². The van der Waals surface area contributed by atoms with E-state index in [2.05, 4.69) is 42.6 Å². The predicted molar refractivity (Wildman–Crippen MR) is 81.9 cm³/mol. The van der Waals surface area contributed by atoms with Crippen molar-refractivity contribution in [1.82, 2.24) is 5.32 Å². The highest BCUT2D eigenvalue weighted by atomic mass is 16.5. The molecular formula is C18H21NO. The maximum atomic E-state index is 5.92. The normalized spacial score (nSPS) is 18.1. The number of ether oxygens (including phenoxy) is 1. The summed E-state index contributed by atoms with van der Waals surface area (Å²) in [6, 6.07) is 17.4. The van der Waals surface area contributed by atoms with Crippen LogP contribution in [-0.4, -0.2) is 6.54 Å². The average molecular weight is 267 g/mol. The maximum absolute atomic E-state index is 5.92. The van der Waals surface area contributed by atoms with Gasteiger partial charge in [-0.25, -0.2) is 0 Å². The summed E-state index contributed by atoms with van der Waals surface area (Å²) in [6.07, 6.45) is 2.51. The lowest BCUT2D eigenvalue weighted by Crippen LogP contribution is -2.12. The van der Waals surface area contributed by atoms with E-state index in [1.165, 1.54) is 29.5 Å². The first-order valence-corrected chi connectivity index (χ1v) is 7.33. The van der Waals surface area contributed by atoms with Gasteiger partial charge in [-0.3, -0.25) is 0 Å². The summed E-state index contributed by atoms with van der Waals surface area (Å²) in [5.41, 5.74) is 3.80. The summed E-state index contributed by atoms with van der Waals surface area (Å²) in [6.45, 7) is 3.89. The molecule has 2 aromatic rings. The van der Waals surface area contributed by atoms with Crippen LogP contribution in [0.25, 0.3) is 0 Å². The van der Waals surface area contributed by atoms with Crippen molar-refractivity contribution >= 4 is 0 Å². The summed E-state index contributed by atoms with van der Waals surface area (Å²) in [4.78, 5) is 0. The molecule has 0 spiro atoms. The van der Waals surface area contributed by atoms with Crippen molar-refractivity contribution in [2.75, 3.05) is 6.54 Å². The van der Waals surface area contributed by atoms with Crippen molar-refractivity contribution in [1.29, 1.82) is 0 Å². The maximum Gasteiger partial charge on any atom is 0.122 e. The van der Waals surface area contributed by atoms with Gasteiger partial charge in [-0.05, 0) is 49.1 Å². The molecule has 0 saturated carbocycles. The van der Waals surface area contributed by atoms with E-state index in [1.807, 2.05) is 18.2 Å². The molecule has 0 radical (unpaired) electrons. The van der Waals surface area contributed by atoms with Crippen LogP contribution >= 0.6 is 0 Å². The van der Waals surface area contributed by atoms with Crippen LogP contribution in [-0.2, 0) is 6.61 Å². The minimum atomic E-state index is 0.525. The smallest absolute Gasteiger partial charge is 0.122 e. The van der Waals surface area contributed by atoms with E-state index in [0.29, 0.717) is 12.6 Å². The third-order valence-electron chi connectivity index (χ3n) is 3.90. The second-order valence-corrected chi connectivity index (χ2v) is 5.45. The lowest BCUT2D eigenvalue weighted by atomic mass is 10.0. The Morgan fingerprint density at radius 2 is 2.00 bits per heavy atom. The Kier molecular flexibility index (Phi) is 4.03. The molecule has 0 aromatic heterocycles. The molecule has 1 aliphatic heterocycles. The zero-order valence-corrected chi connectivity index (χ0v) is 11.9. The first-order chi connectivity index (χ1) is 9.83. The third-order valence-corrected chi connectivity index (χ3v) is 3.90. The van der Waals surface area contributed by atoms with Gasteiger partial charge in [0.1, 0.15) is 12.4 Å². The third kappa shape index (κ3) is 3.02. The molecular weight excluding hydrogens is 246 g/mol. The highest BCUT2D eigenvalue weighted by Gasteiger charge is 2.16. The molecule has 0 bridgehead atoms. The second-order valence-electron chi connectivity index (χ2n) is 5.45. The number of hydrogen-bond donors (Lipinski definition) is 1. The Labute approximate surface area is 120 Å². The zero-order valence-electron chi connectivity index (χ0n) is 11.9. The molecule has 3 rings (SSSR count). The molecule has 104 valence electrons. The van der Waals surface area contributed by atoms with Crippen LogP contribution in [0.4, 0.5) is 0 Å². The summed E-state index contributed by atoms with van der Waals surface area (Å²) < 4.78 is 5.92. The lowest BCUT2D eigenvalue weighted by Gasteiger charge is -2.14. The molecule has 1 aliphatic rings. The molecule has 1 atom stereocenters. The van der Waals surface area contributed by atoms with Gasteiger partial charge in [0.2, 0.25) is 0 Å². The lowest BCUT2D eigenvalue weighted by molar-refractivity contribution is 0.304. The van der Waals surface area contributed by atoms with E-state index in [1.54, 1.807) is 0 Å². The van der Waals surface area contributed by atoms with Crippen LogP contribution in [0.2, 0.25) is 0 Å². The highest BCUT2D eigenvalue weighted by Crippen LogP contribution is 2.27. The first-order valence-electron chi connectivity index (χ1n) is 7.33. The molecule has 2 nitrogen and oxygen atoms in total. The monoisotopic (exact) mass is 267 g/mol. The van der Waals surface area contributed by atoms with E-state index < -0.39 is 0 Å². The summed E-state index contributed by atoms with van der Waals surface area (Å²) in [7, 11) is 0. The Balaban J connectivity index is 1.68. The first kappa shape index (κ1) is 13.2. The second kappa shape index (κ2) is 6.10. The van der Waals surface area contributed by atoms with Gasteiger partial charge in [0, 0.05) is 6.04 Å². The Morgan fingerprint density at radius 3 is 2.70 bits per heavy atom. The topological polar surface area (TPSA) is 21.3 Å². The van der Waals surface area contributed by atoms with Crippen LogP contribution in [0, 0.1) is 6.92 Å². The van der Waals surface area contributed by atoms with Crippen molar-refractivity contribution in [2.24, 2.45) is 0 Å². The molecule has 1 unspecified atom stereocenters. The largest absolute Gasteiger partial charge is 0.489 e. The van der Waals surface area contributed by atoms with E-state index in [9.17, 15) is 0 Å². The predicted octanol–water partition coefficient (Wildman–Crippen LogP) is 4.00. The molecule has 2 heteroatoms. The molecule has 0 amide bonds. The van der Waals surface area contributed by atoms with E-state index in [4.69, 9.17) is 4.74 Å². The minimum absolute atomic E-state index is 0.525. The van der Waals surface area contributed by atoms with Gasteiger partial charge in [-0.1, -0.05) is 42.5 Å². The van der Waals surface area contributed by atoms with Gasteiger partial charge in [0.15, 0.2) is 0 Å². The summed E-state index contributed by atoms with van der Waals surface area (Å²) in [5, 5.41) is 3.54. The van der Waals surface area contributed by atoms with E-state index in [0.717, 1.165) is 12.3 Å². The molecule has 1 heterocycles. The van der Waals surface area contributed by atoms with Crippen molar-refractivity contribution in [2.45, 2.75) is 32.4 Å². The SMILES string of the molecule is Cc1cc(C2CCCN2)ccc1OCc1ccccc1. The summed E-state index contributed by atoms with van der Waals surface area (Å²) >= 11 is 0. The molecule has 1 saturated heterocycles. The Bertz CT molecular complexity index is 559. The van der Waals surface area contributed by atoms with Crippen molar-refractivity contribution < 1.29 is 4.74 Å². The number of benzene rings is 2. The van der Waals surface area contributed by atoms with Gasteiger partial charge in [-0.2, -0.15) is 0 Å². The fraction of sp³-hybridized carbons (Fsp3) is 0.333. The van der Waals surface area contributed by atoms with Gasteiger partial charge in [0.25, 0.3) is 0 Å². The van der Waals surface area contributed by atoms with Crippen LogP contribution in [0.3, 0.4) is 0 Å². The number of hydrogen-bond acceptors (Lipinski definition) is 2. The fourth-order valence-corrected chi connectivity index (χ4v) is 2.76. The quantitative estimate of drug-likeness (QED) is 0.904. The molecule has 0 aliphatic carbocycles. The van der Waals surface area contributed by atoms with Gasteiger partial charge in [0.05, 0.1) is 0 Å². The highest BCUT2D eigenvalue weighted by molar-refractivity contribution is 5.38. The van der Waals surface area contributed by atoms with Gasteiger partial charge < -0.3 is 10.1 Å². The van der Waals surface area contributed by atoms with Crippen molar-refractivity contribution in [3.63, 3.8) is 0 Å². The fourth-order valence-electron chi connectivity index (χ4n) is 2.76. The van der Waals surface area contributed by atoms with Gasteiger partial charge >= 0.3 is 0 Å². The Morgan fingerprint density at radius 1 is 1.15 bits per heavy atom. The minimum Gasteiger partial charge on any atom is -0.489 e. The number of rotatable bonds is 4. The van der Waals surface area contributed by atoms with Crippen LogP contribution < -0.4 is 10.1 Å². The zero-order chi connectivity index (χ0) is 13.8. The van der Waals surface area contributed by atoms with E-state index >= 15 is 0 Å². The summed E-state index contributed by atoms with van der Waals surface area (Å²) in [5.74, 6) is 0.982. The van der Waals surface area contributed by atoms with Crippen LogP contribution in [0.15, 0.2) is 48.5 Å². The van der Waals surface area contributed by atoms with Crippen molar-refractivity contribution in [3.05, 3.63) is 65.2 Å². The molecule has 2 aromatic carbocycles. The van der Waals surface area contributed by atoms with Crippen LogP contribution in [0.1, 0.15) is 35.6 Å². The number of aryl methyl sites for hydroxylation is 1. The van der Waals surface area contributed by atoms with Gasteiger partial charge in [-0.15, -0.1) is 0 Å². The average Bonchev–Trinajstić information content (AvgIpc) is 3.01. The Hall–Kier alpha value is -1.80. The number of nitrogens with one attached hydrogen (secondary N) is 1. The molecule has 1 fully saturated rings.